The molecule has 0 saturated carbocycles. The summed E-state index contributed by atoms with van der Waals surface area (Å²) in [6.07, 6.45) is 0. The van der Waals surface area contributed by atoms with Crippen molar-refractivity contribution in [2.24, 2.45) is 0 Å². The van der Waals surface area contributed by atoms with Crippen LogP contribution in [0.3, 0.4) is 0 Å². The lowest BCUT2D eigenvalue weighted by Crippen LogP contribution is -2.16. The summed E-state index contributed by atoms with van der Waals surface area (Å²) >= 11 is 0. The third-order valence-corrected chi connectivity index (χ3v) is 26.4. The Morgan fingerprint density at radius 2 is 0.424 bits per heavy atom. The molecule has 0 bridgehead atoms. The molecule has 0 spiro atoms. The molecule has 0 fully saturated rings. The number of fused-ring (bicyclic) bond motifs is 20. The molecule has 0 heteroatoms. The third kappa shape index (κ3) is 10.6. The van der Waals surface area contributed by atoms with E-state index in [0.717, 1.165) is 0 Å². The van der Waals surface area contributed by atoms with Crippen molar-refractivity contribution >= 4 is 108 Å². The Hall–Kier alpha value is -14.6. The Bertz CT molecular complexity index is 7860. The summed E-state index contributed by atoms with van der Waals surface area (Å²) in [4.78, 5) is 0. The molecule has 22 aromatic carbocycles. The molecule has 0 aromatic heterocycles. The van der Waals surface area contributed by atoms with Gasteiger partial charge >= 0.3 is 0 Å². The molecule has 0 unspecified atom stereocenters. The molecule has 0 aliphatic heterocycles. The maximum absolute atomic E-state index is 2.44. The van der Waals surface area contributed by atoms with Crippen LogP contribution in [-0.2, 0) is 10.8 Å². The standard InChI is InChI=1S/2C59H40/c1-59(2)54-34-33-37-15-3-6-20-44(37)57(54)52-28-14-27-45(58(52)59)40-17-13-18-42(35-40)56-50-25-11-9-23-48(50)55(49-24-10-12-26-51(49)56)39-31-29-38(30-32-39)53-36-41-16-4-5-19-43(41)46-21-7-8-22-47(46)53;1-59(2)54-34-33-37-17-3-6-22-42(37)57(54)52-32-16-31-43(58(52)59)38-19-15-20-40(35-38)55-48-27-11-13-29-50(48)56(51-30-14-12-28-49(51)55)47-26-10-9-25-46(47)53-36-39-18-4-5-21-41(39)44-23-7-8-24-45(44)53/h2*3-36H,1-2H3. The fourth-order valence-corrected chi connectivity index (χ4v) is 21.3. The van der Waals surface area contributed by atoms with Crippen LogP contribution in [0, 0.1) is 0 Å². The van der Waals surface area contributed by atoms with E-state index in [4.69, 9.17) is 0 Å². The van der Waals surface area contributed by atoms with E-state index >= 15 is 0 Å². The molecule has 2 aliphatic carbocycles. The second-order valence-corrected chi connectivity index (χ2v) is 33.5. The lowest BCUT2D eigenvalue weighted by Gasteiger charge is -2.25. The van der Waals surface area contributed by atoms with Crippen molar-refractivity contribution < 1.29 is 0 Å². The third-order valence-electron chi connectivity index (χ3n) is 26.4. The first-order valence-electron chi connectivity index (χ1n) is 41.5. The van der Waals surface area contributed by atoms with Gasteiger partial charge in [-0.3, -0.25) is 0 Å². The zero-order chi connectivity index (χ0) is 78.5. The highest BCUT2D eigenvalue weighted by atomic mass is 14.4. The largest absolute Gasteiger partial charge is 0.0616 e. The Labute approximate surface area is 687 Å². The monoisotopic (exact) mass is 1500 g/mol. The van der Waals surface area contributed by atoms with Gasteiger partial charge in [0.15, 0.2) is 0 Å². The summed E-state index contributed by atoms with van der Waals surface area (Å²) in [6.45, 7) is 9.60. The molecule has 0 heterocycles. The maximum atomic E-state index is 2.44. The zero-order valence-corrected chi connectivity index (χ0v) is 66.3. The minimum atomic E-state index is -0.147. The van der Waals surface area contributed by atoms with E-state index in [9.17, 15) is 0 Å². The van der Waals surface area contributed by atoms with Gasteiger partial charge in [0.2, 0.25) is 0 Å². The molecule has 0 atom stereocenters. The molecule has 2 aliphatic rings. The Morgan fingerprint density at radius 1 is 0.136 bits per heavy atom. The van der Waals surface area contributed by atoms with Gasteiger partial charge in [0, 0.05) is 10.8 Å². The van der Waals surface area contributed by atoms with Crippen molar-refractivity contribution in [2.45, 2.75) is 38.5 Å². The van der Waals surface area contributed by atoms with E-state index in [2.05, 4.69) is 440 Å². The summed E-state index contributed by atoms with van der Waals surface area (Å²) in [5.74, 6) is 0. The van der Waals surface area contributed by atoms with Gasteiger partial charge in [-0.25, -0.2) is 0 Å². The summed E-state index contributed by atoms with van der Waals surface area (Å²) in [5.41, 5.74) is 30.9. The normalized spacial score (nSPS) is 13.1. The van der Waals surface area contributed by atoms with Crippen LogP contribution in [0.1, 0.15) is 49.9 Å². The highest BCUT2D eigenvalue weighted by Gasteiger charge is 2.40. The summed E-state index contributed by atoms with van der Waals surface area (Å²) < 4.78 is 0. The Kier molecular flexibility index (Phi) is 15.8. The van der Waals surface area contributed by atoms with Crippen LogP contribution >= 0.6 is 0 Å². The first kappa shape index (κ1) is 69.0. The highest BCUT2D eigenvalue weighted by Crippen LogP contribution is 2.58. The molecule has 552 valence electrons. The molecule has 0 saturated heterocycles. The average molecular weight is 1500 g/mol. The van der Waals surface area contributed by atoms with E-state index in [-0.39, 0.29) is 10.8 Å². The van der Waals surface area contributed by atoms with E-state index < -0.39 is 0 Å². The molecule has 0 nitrogen and oxygen atoms in total. The van der Waals surface area contributed by atoms with Crippen LogP contribution in [0.2, 0.25) is 0 Å². The smallest absolute Gasteiger partial charge is 0.0165 e. The summed E-state index contributed by atoms with van der Waals surface area (Å²) in [6, 6.07) is 154. The minimum absolute atomic E-state index is 0.140. The van der Waals surface area contributed by atoms with Crippen molar-refractivity contribution in [1.82, 2.24) is 0 Å². The van der Waals surface area contributed by atoms with Gasteiger partial charge in [0.05, 0.1) is 0 Å². The molecule has 0 N–H and O–H groups in total. The topological polar surface area (TPSA) is 0 Å². The highest BCUT2D eigenvalue weighted by molar-refractivity contribution is 6.26. The van der Waals surface area contributed by atoms with E-state index in [0.29, 0.717) is 0 Å². The van der Waals surface area contributed by atoms with Gasteiger partial charge in [-0.2, -0.15) is 0 Å². The molecule has 0 radical (unpaired) electrons. The van der Waals surface area contributed by atoms with E-state index in [1.54, 1.807) is 0 Å². The van der Waals surface area contributed by atoms with Crippen LogP contribution in [0.15, 0.2) is 413 Å². The summed E-state index contributed by atoms with van der Waals surface area (Å²) in [7, 11) is 0. The molecular formula is C118H80. The fourth-order valence-electron chi connectivity index (χ4n) is 21.3. The van der Waals surface area contributed by atoms with Gasteiger partial charge in [-0.1, -0.05) is 416 Å². The zero-order valence-electron chi connectivity index (χ0n) is 66.3. The van der Waals surface area contributed by atoms with Crippen molar-refractivity contribution in [1.29, 1.82) is 0 Å². The maximum Gasteiger partial charge on any atom is 0.0165 e. The van der Waals surface area contributed by atoms with Crippen molar-refractivity contribution in [3.63, 3.8) is 0 Å². The van der Waals surface area contributed by atoms with Gasteiger partial charge in [-0.05, 0) is 266 Å². The predicted octanol–water partition coefficient (Wildman–Crippen LogP) is 32.9. The second-order valence-electron chi connectivity index (χ2n) is 33.5. The number of hydrogen-bond acceptors (Lipinski definition) is 0. The quantitative estimate of drug-likeness (QED) is 0.105. The second kappa shape index (κ2) is 27.0. The first-order valence-corrected chi connectivity index (χ1v) is 41.5. The van der Waals surface area contributed by atoms with Gasteiger partial charge < -0.3 is 0 Å². The van der Waals surface area contributed by atoms with Crippen LogP contribution in [-0.4, -0.2) is 0 Å². The number of rotatable bonds is 8. The lowest BCUT2D eigenvalue weighted by molar-refractivity contribution is 0.662. The number of hydrogen-bond donors (Lipinski definition) is 0. The van der Waals surface area contributed by atoms with Crippen LogP contribution < -0.4 is 0 Å². The van der Waals surface area contributed by atoms with Gasteiger partial charge in [0.25, 0.3) is 0 Å². The minimum Gasteiger partial charge on any atom is -0.0616 e. The van der Waals surface area contributed by atoms with E-state index in [1.807, 2.05) is 0 Å². The Balaban J connectivity index is 0.000000138. The molecule has 24 rings (SSSR count). The van der Waals surface area contributed by atoms with Crippen molar-refractivity contribution in [3.05, 3.63) is 435 Å². The molecule has 118 heavy (non-hydrogen) atoms. The van der Waals surface area contributed by atoms with Gasteiger partial charge in [-0.15, -0.1) is 0 Å². The summed E-state index contributed by atoms with van der Waals surface area (Å²) in [5, 5.41) is 25.6. The Morgan fingerprint density at radius 3 is 0.856 bits per heavy atom. The average Bonchev–Trinajstić information content (AvgIpc) is 1.48. The SMILES string of the molecule is CC1(C)c2ccc3ccccc3c2-c2cccc(-c3cccc(-c4c5ccccc5c(-c5ccc(-c6cc7ccccc7c7ccccc67)cc5)c5ccccc45)c3)c21.CC1(C)c2ccc3ccccc3c2-c2cccc(-c3cccc(-c4c5ccccc5c(-c5ccccc5-c5cc6ccccc6c6ccccc56)c5ccccc45)c3)c21. The van der Waals surface area contributed by atoms with Gasteiger partial charge in [0.1, 0.15) is 0 Å². The predicted molar refractivity (Wildman–Crippen MR) is 507 cm³/mol. The van der Waals surface area contributed by atoms with E-state index in [1.165, 1.54) is 241 Å². The molecule has 22 aromatic rings. The van der Waals surface area contributed by atoms with Crippen molar-refractivity contribution in [2.75, 3.05) is 0 Å². The number of benzene rings is 22. The van der Waals surface area contributed by atoms with Crippen LogP contribution in [0.4, 0.5) is 0 Å². The first-order chi connectivity index (χ1) is 58.1. The molecule has 0 amide bonds. The molecular weight excluding hydrogens is 1420 g/mol. The lowest BCUT2D eigenvalue weighted by atomic mass is 9.78. The van der Waals surface area contributed by atoms with Crippen LogP contribution in [0.5, 0.6) is 0 Å². The fraction of sp³-hybridized carbons (Fsp3) is 0.0508. The van der Waals surface area contributed by atoms with Crippen molar-refractivity contribution in [3.8, 4) is 111 Å². The van der Waals surface area contributed by atoms with Crippen LogP contribution in [0.25, 0.3) is 219 Å².